The van der Waals surface area contributed by atoms with Crippen LogP contribution in [0.2, 0.25) is 0 Å². The Bertz CT molecular complexity index is 107. The predicted molar refractivity (Wildman–Crippen MR) is 35.7 cm³/mol. The Morgan fingerprint density at radius 2 is 2.11 bits per heavy atom. The van der Waals surface area contributed by atoms with E-state index in [0.717, 1.165) is 0 Å². The molecule has 0 saturated carbocycles. The van der Waals surface area contributed by atoms with Gasteiger partial charge in [-0.3, -0.25) is 4.79 Å². The van der Waals surface area contributed by atoms with Gasteiger partial charge in [-0.15, -0.1) is 23.2 Å². The molecule has 0 aliphatic rings. The van der Waals surface area contributed by atoms with Crippen LogP contribution in [0.3, 0.4) is 0 Å². The average Bonchev–Trinajstić information content (AvgIpc) is 1.63. The maximum Gasteiger partial charge on any atom is 0.320 e. The van der Waals surface area contributed by atoms with Crippen molar-refractivity contribution in [2.75, 3.05) is 0 Å². The molecule has 3 N–H and O–H groups in total. The lowest BCUT2D eigenvalue weighted by Gasteiger charge is -2.04. The quantitative estimate of drug-likeness (QED) is 0.612. The molecule has 0 radical (unpaired) electrons. The van der Waals surface area contributed by atoms with Crippen LogP contribution in [0.25, 0.3) is 0 Å². The minimum atomic E-state index is -1.08. The standard InChI is InChI=1S/C4H7Cl2NO2/c5-3(6)1-2(7)4(8)9/h2-3H,1,7H2,(H,8,9). The van der Waals surface area contributed by atoms with Crippen LogP contribution >= 0.6 is 23.2 Å². The summed E-state index contributed by atoms with van der Waals surface area (Å²) in [6.07, 6.45) is 0.0818. The average molecular weight is 172 g/mol. The van der Waals surface area contributed by atoms with E-state index >= 15 is 0 Å². The summed E-state index contributed by atoms with van der Waals surface area (Å²) in [6, 6.07) is -0.954. The van der Waals surface area contributed by atoms with Crippen LogP contribution in [0.15, 0.2) is 0 Å². The predicted octanol–water partition coefficient (Wildman–Crippen LogP) is 0.592. The van der Waals surface area contributed by atoms with Gasteiger partial charge in [0.25, 0.3) is 0 Å². The second kappa shape index (κ2) is 3.93. The van der Waals surface area contributed by atoms with Crippen LogP contribution in [0.5, 0.6) is 0 Å². The monoisotopic (exact) mass is 171 g/mol. The number of hydrogen-bond acceptors (Lipinski definition) is 2. The maximum absolute atomic E-state index is 9.99. The lowest BCUT2D eigenvalue weighted by molar-refractivity contribution is -0.138. The number of nitrogens with two attached hydrogens (primary N) is 1. The third-order valence-electron chi connectivity index (χ3n) is 0.749. The fraction of sp³-hybridized carbons (Fsp3) is 0.750. The zero-order valence-electron chi connectivity index (χ0n) is 4.55. The zero-order valence-corrected chi connectivity index (χ0v) is 6.06. The highest BCUT2D eigenvalue weighted by molar-refractivity contribution is 6.44. The van der Waals surface area contributed by atoms with Crippen molar-refractivity contribution in [3.05, 3.63) is 0 Å². The molecule has 3 nitrogen and oxygen atoms in total. The second-order valence-electron chi connectivity index (χ2n) is 1.57. The van der Waals surface area contributed by atoms with Crippen LogP contribution < -0.4 is 5.73 Å². The first-order valence-corrected chi connectivity index (χ1v) is 3.18. The highest BCUT2D eigenvalue weighted by atomic mass is 35.5. The van der Waals surface area contributed by atoms with E-state index in [4.69, 9.17) is 34.0 Å². The van der Waals surface area contributed by atoms with Gasteiger partial charge in [0.05, 0.1) is 0 Å². The second-order valence-corrected chi connectivity index (χ2v) is 2.85. The van der Waals surface area contributed by atoms with Gasteiger partial charge in [0.1, 0.15) is 10.9 Å². The van der Waals surface area contributed by atoms with Gasteiger partial charge in [-0.25, -0.2) is 0 Å². The molecular formula is C4H7Cl2NO2. The molecule has 0 aromatic heterocycles. The molecule has 0 amide bonds. The molecule has 1 unspecified atom stereocenters. The number of aliphatic carboxylic acids is 1. The highest BCUT2D eigenvalue weighted by Crippen LogP contribution is 2.08. The van der Waals surface area contributed by atoms with E-state index in [2.05, 4.69) is 0 Å². The number of hydrogen-bond donors (Lipinski definition) is 2. The first-order chi connectivity index (χ1) is 4.04. The van der Waals surface area contributed by atoms with Crippen LogP contribution in [0.4, 0.5) is 0 Å². The summed E-state index contributed by atoms with van der Waals surface area (Å²) >= 11 is 10.5. The smallest absolute Gasteiger partial charge is 0.320 e. The Balaban J connectivity index is 3.50. The van der Waals surface area contributed by atoms with Gasteiger partial charge < -0.3 is 10.8 Å². The van der Waals surface area contributed by atoms with Crippen LogP contribution in [-0.4, -0.2) is 22.0 Å². The zero-order chi connectivity index (χ0) is 7.44. The van der Waals surface area contributed by atoms with E-state index < -0.39 is 16.8 Å². The van der Waals surface area contributed by atoms with E-state index in [0.29, 0.717) is 0 Å². The number of carbonyl (C=O) groups is 1. The number of rotatable bonds is 3. The van der Waals surface area contributed by atoms with Crippen molar-refractivity contribution in [1.29, 1.82) is 0 Å². The number of carboxylic acid groups (broad SMARTS) is 1. The SMILES string of the molecule is NC(CC(Cl)Cl)C(=O)O. The molecule has 54 valence electrons. The first kappa shape index (κ1) is 9.01. The molecule has 0 aliphatic heterocycles. The number of carboxylic acids is 1. The van der Waals surface area contributed by atoms with E-state index in [1.54, 1.807) is 0 Å². The van der Waals surface area contributed by atoms with Gasteiger partial charge >= 0.3 is 5.97 Å². The summed E-state index contributed by atoms with van der Waals surface area (Å²) in [4.78, 5) is 9.29. The molecule has 0 fully saturated rings. The van der Waals surface area contributed by atoms with Gasteiger partial charge in [0.15, 0.2) is 0 Å². The number of halogens is 2. The largest absolute Gasteiger partial charge is 0.480 e. The number of alkyl halides is 2. The van der Waals surface area contributed by atoms with E-state index in [1.807, 2.05) is 0 Å². The molecule has 0 aromatic carbocycles. The van der Waals surface area contributed by atoms with Crippen molar-refractivity contribution in [3.8, 4) is 0 Å². The Labute approximate surface area is 62.7 Å². The van der Waals surface area contributed by atoms with Crippen LogP contribution in [-0.2, 0) is 4.79 Å². The van der Waals surface area contributed by atoms with Crippen molar-refractivity contribution in [1.82, 2.24) is 0 Å². The summed E-state index contributed by atoms with van der Waals surface area (Å²) < 4.78 is 0. The summed E-state index contributed by atoms with van der Waals surface area (Å²) in [5.41, 5.74) is 5.05. The lowest BCUT2D eigenvalue weighted by atomic mass is 10.2. The van der Waals surface area contributed by atoms with Gasteiger partial charge in [0.2, 0.25) is 0 Å². The molecule has 5 heteroatoms. The molecule has 0 aliphatic carbocycles. The fourth-order valence-corrected chi connectivity index (χ4v) is 0.677. The summed E-state index contributed by atoms with van der Waals surface area (Å²) in [5, 5.41) is 8.19. The van der Waals surface area contributed by atoms with E-state index in [9.17, 15) is 4.79 Å². The first-order valence-electron chi connectivity index (χ1n) is 2.30. The Morgan fingerprint density at radius 1 is 1.67 bits per heavy atom. The minimum absolute atomic E-state index is 0.0818. The molecule has 1 atom stereocenters. The van der Waals surface area contributed by atoms with Crippen molar-refractivity contribution in [2.45, 2.75) is 17.3 Å². The van der Waals surface area contributed by atoms with Crippen molar-refractivity contribution < 1.29 is 9.90 Å². The normalized spacial score (nSPS) is 13.8. The van der Waals surface area contributed by atoms with Crippen LogP contribution in [0.1, 0.15) is 6.42 Å². The molecule has 0 saturated heterocycles. The molecule has 0 spiro atoms. The maximum atomic E-state index is 9.99. The summed E-state index contributed by atoms with van der Waals surface area (Å²) in [5.74, 6) is -1.08. The lowest BCUT2D eigenvalue weighted by Crippen LogP contribution is -2.31. The van der Waals surface area contributed by atoms with E-state index in [1.165, 1.54) is 0 Å². The third kappa shape index (κ3) is 4.51. The van der Waals surface area contributed by atoms with Gasteiger partial charge in [0, 0.05) is 6.42 Å². The Hall–Kier alpha value is 0.01000. The molecular weight excluding hydrogens is 165 g/mol. The van der Waals surface area contributed by atoms with Crippen molar-refractivity contribution in [2.24, 2.45) is 5.73 Å². The van der Waals surface area contributed by atoms with Gasteiger partial charge in [-0.1, -0.05) is 0 Å². The van der Waals surface area contributed by atoms with E-state index in [-0.39, 0.29) is 6.42 Å². The van der Waals surface area contributed by atoms with Crippen molar-refractivity contribution >= 4 is 29.2 Å². The topological polar surface area (TPSA) is 63.3 Å². The fourth-order valence-electron chi connectivity index (χ4n) is 0.293. The van der Waals surface area contributed by atoms with Crippen molar-refractivity contribution in [3.63, 3.8) is 0 Å². The third-order valence-corrected chi connectivity index (χ3v) is 1.11. The Kier molecular flexibility index (Phi) is 3.93. The van der Waals surface area contributed by atoms with Gasteiger partial charge in [-0.05, 0) is 0 Å². The summed E-state index contributed by atoms with van der Waals surface area (Å²) in [7, 11) is 0. The highest BCUT2D eigenvalue weighted by Gasteiger charge is 2.14. The molecule has 0 rings (SSSR count). The van der Waals surface area contributed by atoms with Gasteiger partial charge in [-0.2, -0.15) is 0 Å². The Morgan fingerprint density at radius 3 is 2.22 bits per heavy atom. The van der Waals surface area contributed by atoms with Crippen LogP contribution in [0, 0.1) is 0 Å². The molecule has 0 bridgehead atoms. The summed E-state index contributed by atoms with van der Waals surface area (Å²) in [6.45, 7) is 0. The molecule has 0 heterocycles. The molecule has 9 heavy (non-hydrogen) atoms. The molecule has 0 aromatic rings. The minimum Gasteiger partial charge on any atom is -0.480 e.